The summed E-state index contributed by atoms with van der Waals surface area (Å²) in [6.07, 6.45) is 0. The average Bonchev–Trinajstić information content (AvgIpc) is 2.36. The van der Waals surface area contributed by atoms with Gasteiger partial charge in [-0.2, -0.15) is 0 Å². The highest BCUT2D eigenvalue weighted by Crippen LogP contribution is 2.23. The van der Waals surface area contributed by atoms with Crippen molar-refractivity contribution in [3.63, 3.8) is 0 Å². The third-order valence-corrected chi connectivity index (χ3v) is 3.01. The minimum Gasteiger partial charge on any atom is -0.484 e. The van der Waals surface area contributed by atoms with Gasteiger partial charge in [0.25, 0.3) is 5.91 Å². The van der Waals surface area contributed by atoms with Crippen molar-refractivity contribution >= 4 is 32.6 Å². The minimum atomic E-state index is -0.103. The number of fused-ring (bicyclic) bond motifs is 1. The van der Waals surface area contributed by atoms with Crippen molar-refractivity contribution in [3.05, 3.63) is 40.9 Å². The van der Waals surface area contributed by atoms with Crippen LogP contribution in [0.3, 0.4) is 0 Å². The Labute approximate surface area is 114 Å². The summed E-state index contributed by atoms with van der Waals surface area (Å²) in [7, 11) is 0. The van der Waals surface area contributed by atoms with E-state index in [1.165, 1.54) is 0 Å². The number of amides is 1. The first-order valence-corrected chi connectivity index (χ1v) is 6.57. The predicted octanol–water partition coefficient (Wildman–Crippen LogP) is 3.12. The van der Waals surface area contributed by atoms with E-state index >= 15 is 0 Å². The summed E-state index contributed by atoms with van der Waals surface area (Å²) in [6.45, 7) is 2.55. The Hall–Kier alpha value is -1.55. The molecule has 0 saturated heterocycles. The van der Waals surface area contributed by atoms with Crippen LogP contribution in [0.2, 0.25) is 0 Å². The van der Waals surface area contributed by atoms with Crippen LogP contribution >= 0.6 is 15.9 Å². The second-order valence-corrected chi connectivity index (χ2v) is 4.81. The average molecular weight is 308 g/mol. The van der Waals surface area contributed by atoms with E-state index in [4.69, 9.17) is 4.74 Å². The fourth-order valence-electron chi connectivity index (χ4n) is 1.68. The first kappa shape index (κ1) is 12.9. The number of likely N-dealkylation sites (N-methyl/N-ethyl adjacent to an activating group) is 1. The number of ether oxygens (including phenoxy) is 1. The lowest BCUT2D eigenvalue weighted by molar-refractivity contribution is -0.122. The van der Waals surface area contributed by atoms with Crippen LogP contribution < -0.4 is 10.1 Å². The van der Waals surface area contributed by atoms with Gasteiger partial charge in [0, 0.05) is 11.0 Å². The van der Waals surface area contributed by atoms with Gasteiger partial charge in [0.2, 0.25) is 0 Å². The Kier molecular flexibility index (Phi) is 4.20. The van der Waals surface area contributed by atoms with Crippen molar-refractivity contribution in [3.8, 4) is 5.75 Å². The first-order chi connectivity index (χ1) is 8.69. The Morgan fingerprint density at radius 3 is 2.72 bits per heavy atom. The molecule has 0 aliphatic rings. The van der Waals surface area contributed by atoms with Crippen LogP contribution in [0.4, 0.5) is 0 Å². The molecule has 2 aromatic carbocycles. The molecular formula is C14H14BrNO2. The van der Waals surface area contributed by atoms with Crippen LogP contribution in [-0.2, 0) is 4.79 Å². The van der Waals surface area contributed by atoms with E-state index in [2.05, 4.69) is 21.2 Å². The van der Waals surface area contributed by atoms with Gasteiger partial charge < -0.3 is 10.1 Å². The molecule has 0 heterocycles. The molecule has 0 radical (unpaired) electrons. The van der Waals surface area contributed by atoms with Crippen LogP contribution in [0.25, 0.3) is 10.8 Å². The van der Waals surface area contributed by atoms with Crippen molar-refractivity contribution in [1.29, 1.82) is 0 Å². The summed E-state index contributed by atoms with van der Waals surface area (Å²) in [6, 6.07) is 11.8. The summed E-state index contributed by atoms with van der Waals surface area (Å²) < 4.78 is 6.48. The zero-order chi connectivity index (χ0) is 13.0. The molecule has 0 aliphatic carbocycles. The van der Waals surface area contributed by atoms with Gasteiger partial charge in [0.15, 0.2) is 6.61 Å². The summed E-state index contributed by atoms with van der Waals surface area (Å²) in [5, 5.41) is 4.91. The molecule has 1 amide bonds. The number of hydrogen-bond donors (Lipinski definition) is 1. The molecular weight excluding hydrogens is 294 g/mol. The van der Waals surface area contributed by atoms with Gasteiger partial charge in [-0.15, -0.1) is 0 Å². The van der Waals surface area contributed by atoms with Gasteiger partial charge in [0.05, 0.1) is 0 Å². The molecule has 0 unspecified atom stereocenters. The lowest BCUT2D eigenvalue weighted by atomic mass is 10.1. The van der Waals surface area contributed by atoms with E-state index < -0.39 is 0 Å². The topological polar surface area (TPSA) is 38.3 Å². The summed E-state index contributed by atoms with van der Waals surface area (Å²) in [5.41, 5.74) is 0. The molecule has 0 spiro atoms. The molecule has 0 saturated carbocycles. The number of halogens is 1. The number of carbonyl (C=O) groups is 1. The summed E-state index contributed by atoms with van der Waals surface area (Å²) in [4.78, 5) is 11.3. The van der Waals surface area contributed by atoms with E-state index in [9.17, 15) is 4.79 Å². The van der Waals surface area contributed by atoms with Crippen molar-refractivity contribution in [2.75, 3.05) is 13.2 Å². The number of nitrogens with one attached hydrogen (secondary N) is 1. The van der Waals surface area contributed by atoms with E-state index in [0.29, 0.717) is 12.3 Å². The van der Waals surface area contributed by atoms with Gasteiger partial charge in [-0.25, -0.2) is 0 Å². The highest BCUT2D eigenvalue weighted by molar-refractivity contribution is 9.10. The van der Waals surface area contributed by atoms with Crippen LogP contribution in [0, 0.1) is 0 Å². The minimum absolute atomic E-state index is 0.0515. The molecule has 3 nitrogen and oxygen atoms in total. The summed E-state index contributed by atoms with van der Waals surface area (Å²) >= 11 is 3.43. The van der Waals surface area contributed by atoms with Gasteiger partial charge in [-0.1, -0.05) is 28.1 Å². The molecule has 1 N–H and O–H groups in total. The SMILES string of the molecule is CCNC(=O)COc1ccc2cc(Br)ccc2c1. The maximum absolute atomic E-state index is 11.3. The van der Waals surface area contributed by atoms with Crippen molar-refractivity contribution in [1.82, 2.24) is 5.32 Å². The third kappa shape index (κ3) is 3.23. The third-order valence-electron chi connectivity index (χ3n) is 2.52. The van der Waals surface area contributed by atoms with Crippen LogP contribution in [0.5, 0.6) is 5.75 Å². The molecule has 2 rings (SSSR count). The van der Waals surface area contributed by atoms with Crippen LogP contribution in [-0.4, -0.2) is 19.1 Å². The van der Waals surface area contributed by atoms with E-state index in [-0.39, 0.29) is 12.5 Å². The quantitative estimate of drug-likeness (QED) is 0.942. The standard InChI is InChI=1S/C14H14BrNO2/c1-2-16-14(17)9-18-13-6-4-10-7-12(15)5-3-11(10)8-13/h3-8H,2,9H2,1H3,(H,16,17). The highest BCUT2D eigenvalue weighted by atomic mass is 79.9. The van der Waals surface area contributed by atoms with Crippen molar-refractivity contribution < 1.29 is 9.53 Å². The normalized spacial score (nSPS) is 10.3. The Morgan fingerprint density at radius 1 is 1.22 bits per heavy atom. The van der Waals surface area contributed by atoms with Crippen LogP contribution in [0.15, 0.2) is 40.9 Å². The zero-order valence-corrected chi connectivity index (χ0v) is 11.7. The molecule has 0 aliphatic heterocycles. The smallest absolute Gasteiger partial charge is 0.257 e. The maximum Gasteiger partial charge on any atom is 0.257 e. The largest absolute Gasteiger partial charge is 0.484 e. The number of carbonyl (C=O) groups excluding carboxylic acids is 1. The molecule has 18 heavy (non-hydrogen) atoms. The maximum atomic E-state index is 11.3. The van der Waals surface area contributed by atoms with Crippen molar-refractivity contribution in [2.45, 2.75) is 6.92 Å². The van der Waals surface area contributed by atoms with E-state index in [1.807, 2.05) is 43.3 Å². The number of rotatable bonds is 4. The highest BCUT2D eigenvalue weighted by Gasteiger charge is 2.02. The second kappa shape index (κ2) is 5.87. The predicted molar refractivity (Wildman–Crippen MR) is 75.8 cm³/mol. The van der Waals surface area contributed by atoms with E-state index in [1.54, 1.807) is 0 Å². The molecule has 94 valence electrons. The molecule has 2 aromatic rings. The number of benzene rings is 2. The zero-order valence-electron chi connectivity index (χ0n) is 10.1. The van der Waals surface area contributed by atoms with Gasteiger partial charge >= 0.3 is 0 Å². The number of hydrogen-bond acceptors (Lipinski definition) is 2. The monoisotopic (exact) mass is 307 g/mol. The molecule has 0 aromatic heterocycles. The fraction of sp³-hybridized carbons (Fsp3) is 0.214. The van der Waals surface area contributed by atoms with E-state index in [0.717, 1.165) is 15.2 Å². The molecule has 0 atom stereocenters. The Balaban J connectivity index is 2.10. The fourth-order valence-corrected chi connectivity index (χ4v) is 2.06. The van der Waals surface area contributed by atoms with Gasteiger partial charge in [-0.3, -0.25) is 4.79 Å². The lowest BCUT2D eigenvalue weighted by Crippen LogP contribution is -2.28. The molecule has 4 heteroatoms. The van der Waals surface area contributed by atoms with Crippen LogP contribution in [0.1, 0.15) is 6.92 Å². The van der Waals surface area contributed by atoms with Gasteiger partial charge in [-0.05, 0) is 42.0 Å². The Morgan fingerprint density at radius 2 is 1.94 bits per heavy atom. The first-order valence-electron chi connectivity index (χ1n) is 5.78. The lowest BCUT2D eigenvalue weighted by Gasteiger charge is -2.07. The second-order valence-electron chi connectivity index (χ2n) is 3.90. The Bertz CT molecular complexity index is 569. The molecule has 0 fully saturated rings. The summed E-state index contributed by atoms with van der Waals surface area (Å²) in [5.74, 6) is 0.601. The molecule has 0 bridgehead atoms. The van der Waals surface area contributed by atoms with Gasteiger partial charge in [0.1, 0.15) is 5.75 Å². The van der Waals surface area contributed by atoms with Crippen molar-refractivity contribution in [2.24, 2.45) is 0 Å².